The minimum Gasteiger partial charge on any atom is -0.309 e. The van der Waals surface area contributed by atoms with Gasteiger partial charge in [0.25, 0.3) is 0 Å². The molecule has 0 N–H and O–H groups in total. The standard InChI is InChI=1S/C42H24N2S/c1-2-10-29(11-3-1)43-37-15-7-4-12-31(37)34-24-27(18-21-39(34)43)28-19-22-40-35(25-28)32-13-5-8-16-38(32)44(40)30-20-23-42-36(26-30)33-14-6-9-17-41(33)45-42/h1-19,21-22,24-26H. The smallest absolute Gasteiger partial charge is 0.0981 e. The summed E-state index contributed by atoms with van der Waals surface area (Å²) in [6, 6.07) is 59.7. The molecule has 0 atom stereocenters. The summed E-state index contributed by atoms with van der Waals surface area (Å²) in [7, 11) is 0. The van der Waals surface area contributed by atoms with E-state index in [2.05, 4.69) is 167 Å². The number of fused-ring (bicyclic) bond motifs is 9. The molecule has 0 bridgehead atoms. The van der Waals surface area contributed by atoms with E-state index >= 15 is 0 Å². The molecule has 0 aliphatic carbocycles. The zero-order valence-corrected chi connectivity index (χ0v) is 25.0. The predicted octanol–water partition coefficient (Wildman–Crippen LogP) is 11.5. The topological polar surface area (TPSA) is 9.86 Å². The van der Waals surface area contributed by atoms with Gasteiger partial charge in [0.1, 0.15) is 0 Å². The average Bonchev–Trinajstić information content (AvgIpc) is 3.75. The fourth-order valence-electron chi connectivity index (χ4n) is 7.14. The molecule has 3 aromatic heterocycles. The number of benzene rings is 6. The fourth-order valence-corrected chi connectivity index (χ4v) is 8.17. The van der Waals surface area contributed by atoms with Crippen LogP contribution in [-0.2, 0) is 0 Å². The highest BCUT2D eigenvalue weighted by Gasteiger charge is 2.16. The molecule has 0 aliphatic heterocycles. The molecule has 10 rings (SSSR count). The SMILES string of the molecule is c1c(-n2c3ccccc3c3cc(-c4ccc5c(c4)c4ccccc4n5-c4ccccc4)ccc32)cc2c(c#1)sc1ccccc12. The van der Waals surface area contributed by atoms with E-state index in [-0.39, 0.29) is 0 Å². The lowest BCUT2D eigenvalue weighted by Gasteiger charge is -2.09. The summed E-state index contributed by atoms with van der Waals surface area (Å²) in [4.78, 5) is 0. The van der Waals surface area contributed by atoms with Gasteiger partial charge in [-0.05, 0) is 83.9 Å². The predicted molar refractivity (Wildman–Crippen MR) is 191 cm³/mol. The van der Waals surface area contributed by atoms with Crippen molar-refractivity contribution in [2.45, 2.75) is 0 Å². The number of hydrogen-bond donors (Lipinski definition) is 0. The molecule has 45 heavy (non-hydrogen) atoms. The zero-order chi connectivity index (χ0) is 29.5. The van der Waals surface area contributed by atoms with Crippen LogP contribution in [-0.4, -0.2) is 9.13 Å². The highest BCUT2D eigenvalue weighted by atomic mass is 32.1. The third-order valence-electron chi connectivity index (χ3n) is 9.15. The van der Waals surface area contributed by atoms with Crippen LogP contribution in [0.1, 0.15) is 0 Å². The van der Waals surface area contributed by atoms with E-state index in [0.29, 0.717) is 0 Å². The summed E-state index contributed by atoms with van der Waals surface area (Å²) < 4.78 is 7.14. The summed E-state index contributed by atoms with van der Waals surface area (Å²) >= 11 is 1.78. The number of thiophene rings is 1. The molecule has 0 fully saturated rings. The molecule has 0 unspecified atom stereocenters. The molecule has 0 saturated carbocycles. The quantitative estimate of drug-likeness (QED) is 0.194. The van der Waals surface area contributed by atoms with Crippen LogP contribution in [0.15, 0.2) is 146 Å². The van der Waals surface area contributed by atoms with Crippen molar-refractivity contribution in [2.75, 3.05) is 0 Å². The van der Waals surface area contributed by atoms with E-state index < -0.39 is 0 Å². The number of para-hydroxylation sites is 3. The van der Waals surface area contributed by atoms with Crippen molar-refractivity contribution in [3.63, 3.8) is 0 Å². The molecule has 0 spiro atoms. The van der Waals surface area contributed by atoms with Crippen molar-refractivity contribution in [3.05, 3.63) is 158 Å². The molecule has 3 heteroatoms. The number of rotatable bonds is 3. The van der Waals surface area contributed by atoms with E-state index in [1.807, 2.05) is 0 Å². The Morgan fingerprint density at radius 2 is 0.956 bits per heavy atom. The van der Waals surface area contributed by atoms with Crippen molar-refractivity contribution in [1.29, 1.82) is 0 Å². The van der Waals surface area contributed by atoms with E-state index in [4.69, 9.17) is 0 Å². The average molecular weight is 589 g/mol. The molecule has 2 nitrogen and oxygen atoms in total. The molecule has 0 radical (unpaired) electrons. The summed E-state index contributed by atoms with van der Waals surface area (Å²) in [6.07, 6.45) is 0. The Kier molecular flexibility index (Phi) is 5.11. The number of aromatic nitrogens is 2. The second-order valence-corrected chi connectivity index (χ2v) is 12.7. The second kappa shape index (κ2) is 9.34. The Morgan fingerprint density at radius 1 is 0.400 bits per heavy atom. The zero-order valence-electron chi connectivity index (χ0n) is 24.2. The molecular weight excluding hydrogens is 565 g/mol. The Bertz CT molecular complexity index is 2760. The second-order valence-electron chi connectivity index (χ2n) is 11.6. The van der Waals surface area contributed by atoms with Gasteiger partial charge in [0, 0.05) is 42.7 Å². The summed E-state index contributed by atoms with van der Waals surface area (Å²) in [5, 5.41) is 7.50. The molecule has 0 aliphatic rings. The Balaban J connectivity index is 1.18. The summed E-state index contributed by atoms with van der Waals surface area (Å²) in [5.41, 5.74) is 9.39. The highest BCUT2D eigenvalue weighted by Crippen LogP contribution is 2.39. The summed E-state index contributed by atoms with van der Waals surface area (Å²) in [6.45, 7) is 0. The molecule has 3 heterocycles. The minimum absolute atomic E-state index is 1.01. The van der Waals surface area contributed by atoms with Gasteiger partial charge >= 0.3 is 0 Å². The first-order chi connectivity index (χ1) is 22.3. The normalized spacial score (nSPS) is 11.8. The van der Waals surface area contributed by atoms with Gasteiger partial charge in [-0.15, -0.1) is 11.3 Å². The molecule has 7 aromatic carbocycles. The van der Waals surface area contributed by atoms with Crippen molar-refractivity contribution >= 4 is 75.1 Å². The molecule has 0 saturated heterocycles. The van der Waals surface area contributed by atoms with Gasteiger partial charge in [0.05, 0.1) is 32.5 Å². The number of hydrogen-bond acceptors (Lipinski definition) is 1. The third kappa shape index (κ3) is 3.58. The van der Waals surface area contributed by atoms with E-state index in [1.165, 1.54) is 75.9 Å². The van der Waals surface area contributed by atoms with Crippen LogP contribution in [0.25, 0.3) is 86.3 Å². The van der Waals surface area contributed by atoms with Crippen LogP contribution in [0.3, 0.4) is 0 Å². The van der Waals surface area contributed by atoms with Crippen LogP contribution in [0.2, 0.25) is 0 Å². The van der Waals surface area contributed by atoms with Gasteiger partial charge in [-0.25, -0.2) is 0 Å². The first-order valence-corrected chi connectivity index (χ1v) is 16.0. The van der Waals surface area contributed by atoms with Gasteiger partial charge < -0.3 is 9.13 Å². The largest absolute Gasteiger partial charge is 0.309 e. The molecule has 0 amide bonds. The van der Waals surface area contributed by atoms with Gasteiger partial charge in [-0.1, -0.05) is 84.9 Å². The minimum atomic E-state index is 1.01. The Hall–Kier alpha value is -5.82. The van der Waals surface area contributed by atoms with Crippen molar-refractivity contribution in [1.82, 2.24) is 9.13 Å². The molecular formula is C42H24N2S. The van der Waals surface area contributed by atoms with Crippen molar-refractivity contribution in [3.8, 4) is 22.5 Å². The van der Waals surface area contributed by atoms with Crippen LogP contribution < -0.4 is 0 Å². The van der Waals surface area contributed by atoms with Crippen LogP contribution in [0.5, 0.6) is 0 Å². The van der Waals surface area contributed by atoms with Crippen LogP contribution in [0.4, 0.5) is 0 Å². The number of nitrogens with zero attached hydrogens (tertiary/aromatic N) is 2. The Labute approximate surface area is 263 Å². The van der Waals surface area contributed by atoms with Gasteiger partial charge in [-0.3, -0.25) is 0 Å². The monoisotopic (exact) mass is 588 g/mol. The Morgan fingerprint density at radius 3 is 1.67 bits per heavy atom. The first kappa shape index (κ1) is 24.6. The third-order valence-corrected chi connectivity index (χ3v) is 10.3. The van der Waals surface area contributed by atoms with E-state index in [9.17, 15) is 0 Å². The molecule has 208 valence electrons. The lowest BCUT2D eigenvalue weighted by molar-refractivity contribution is 1.18. The van der Waals surface area contributed by atoms with Gasteiger partial charge in [-0.2, -0.15) is 0 Å². The highest BCUT2D eigenvalue weighted by molar-refractivity contribution is 7.25. The van der Waals surface area contributed by atoms with Crippen LogP contribution in [0, 0.1) is 12.1 Å². The van der Waals surface area contributed by atoms with E-state index in [1.54, 1.807) is 11.3 Å². The fraction of sp³-hybridized carbons (Fsp3) is 0. The first-order valence-electron chi connectivity index (χ1n) is 15.2. The van der Waals surface area contributed by atoms with Crippen molar-refractivity contribution < 1.29 is 0 Å². The van der Waals surface area contributed by atoms with Crippen LogP contribution >= 0.6 is 11.3 Å². The lowest BCUT2D eigenvalue weighted by atomic mass is 10.0. The van der Waals surface area contributed by atoms with Gasteiger partial charge in [0.15, 0.2) is 0 Å². The maximum absolute atomic E-state index is 3.50. The van der Waals surface area contributed by atoms with E-state index in [0.717, 1.165) is 10.4 Å². The summed E-state index contributed by atoms with van der Waals surface area (Å²) in [5.74, 6) is 0. The maximum atomic E-state index is 3.50. The molecule has 10 aromatic rings. The van der Waals surface area contributed by atoms with Gasteiger partial charge in [0.2, 0.25) is 0 Å². The lowest BCUT2D eigenvalue weighted by Crippen LogP contribution is -1.93. The van der Waals surface area contributed by atoms with Crippen molar-refractivity contribution in [2.24, 2.45) is 0 Å². The maximum Gasteiger partial charge on any atom is 0.0981 e.